The van der Waals surface area contributed by atoms with Crippen molar-refractivity contribution >= 4 is 11.5 Å². The Hall–Kier alpha value is -1.78. The molecule has 0 aliphatic heterocycles. The van der Waals surface area contributed by atoms with Gasteiger partial charge in [0.05, 0.1) is 6.20 Å². The Labute approximate surface area is 113 Å². The molecular formula is C14H20N4O. The SMILES string of the molecule is CCNc1cn2ccnc2c(OC2CCCCC2)n1. The van der Waals surface area contributed by atoms with Crippen LogP contribution in [0.1, 0.15) is 39.0 Å². The van der Waals surface area contributed by atoms with Crippen molar-refractivity contribution in [3.05, 3.63) is 18.6 Å². The van der Waals surface area contributed by atoms with Crippen LogP contribution in [0.5, 0.6) is 5.88 Å². The highest BCUT2D eigenvalue weighted by Gasteiger charge is 2.18. The van der Waals surface area contributed by atoms with Crippen LogP contribution in [0, 0.1) is 0 Å². The summed E-state index contributed by atoms with van der Waals surface area (Å²) >= 11 is 0. The molecule has 0 unspecified atom stereocenters. The molecule has 5 nitrogen and oxygen atoms in total. The third-order valence-corrected chi connectivity index (χ3v) is 3.53. The number of hydrogen-bond acceptors (Lipinski definition) is 4. The number of anilines is 1. The molecule has 0 saturated heterocycles. The summed E-state index contributed by atoms with van der Waals surface area (Å²) in [6, 6.07) is 0. The van der Waals surface area contributed by atoms with Crippen molar-refractivity contribution in [2.45, 2.75) is 45.1 Å². The minimum absolute atomic E-state index is 0.290. The molecule has 2 aromatic heterocycles. The fourth-order valence-electron chi connectivity index (χ4n) is 2.59. The topological polar surface area (TPSA) is 51.5 Å². The predicted molar refractivity (Wildman–Crippen MR) is 74.7 cm³/mol. The van der Waals surface area contributed by atoms with E-state index in [9.17, 15) is 0 Å². The summed E-state index contributed by atoms with van der Waals surface area (Å²) < 4.78 is 8.04. The molecule has 5 heteroatoms. The first kappa shape index (κ1) is 12.3. The van der Waals surface area contributed by atoms with Crippen molar-refractivity contribution in [2.75, 3.05) is 11.9 Å². The van der Waals surface area contributed by atoms with Gasteiger partial charge in [-0.05, 0) is 32.6 Å². The molecule has 2 aromatic rings. The quantitative estimate of drug-likeness (QED) is 0.918. The second kappa shape index (κ2) is 5.47. The maximum atomic E-state index is 6.08. The Kier molecular flexibility index (Phi) is 3.53. The number of aromatic nitrogens is 3. The Morgan fingerprint density at radius 2 is 2.21 bits per heavy atom. The van der Waals surface area contributed by atoms with E-state index in [1.54, 1.807) is 6.20 Å². The molecule has 0 aromatic carbocycles. The number of rotatable bonds is 4. The first-order valence-electron chi connectivity index (χ1n) is 7.11. The van der Waals surface area contributed by atoms with Gasteiger partial charge in [0.15, 0.2) is 0 Å². The molecule has 1 aliphatic carbocycles. The number of hydrogen-bond donors (Lipinski definition) is 1. The Morgan fingerprint density at radius 1 is 1.37 bits per heavy atom. The van der Waals surface area contributed by atoms with E-state index in [2.05, 4.69) is 22.2 Å². The Morgan fingerprint density at radius 3 is 3.00 bits per heavy atom. The van der Waals surface area contributed by atoms with Crippen LogP contribution in [0.25, 0.3) is 5.65 Å². The molecule has 0 amide bonds. The molecule has 0 bridgehead atoms. The third kappa shape index (κ3) is 2.64. The van der Waals surface area contributed by atoms with Crippen LogP contribution in [-0.4, -0.2) is 27.0 Å². The van der Waals surface area contributed by atoms with E-state index in [1.165, 1.54) is 19.3 Å². The van der Waals surface area contributed by atoms with Gasteiger partial charge in [-0.2, -0.15) is 4.98 Å². The summed E-state index contributed by atoms with van der Waals surface area (Å²) in [5.41, 5.74) is 0.798. The highest BCUT2D eigenvalue weighted by Crippen LogP contribution is 2.25. The van der Waals surface area contributed by atoms with Gasteiger partial charge in [0, 0.05) is 18.9 Å². The second-order valence-electron chi connectivity index (χ2n) is 5.00. The normalized spacial score (nSPS) is 16.7. The van der Waals surface area contributed by atoms with Gasteiger partial charge < -0.3 is 10.1 Å². The summed E-state index contributed by atoms with van der Waals surface area (Å²) in [6.45, 7) is 2.90. The van der Waals surface area contributed by atoms with Crippen LogP contribution in [-0.2, 0) is 0 Å². The summed E-state index contributed by atoms with van der Waals surface area (Å²) in [4.78, 5) is 8.87. The van der Waals surface area contributed by atoms with Crippen LogP contribution in [0.4, 0.5) is 5.82 Å². The van der Waals surface area contributed by atoms with Crippen molar-refractivity contribution < 1.29 is 4.74 Å². The summed E-state index contributed by atoms with van der Waals surface area (Å²) in [7, 11) is 0. The first-order valence-corrected chi connectivity index (χ1v) is 7.11. The molecule has 102 valence electrons. The molecule has 1 saturated carbocycles. The Balaban J connectivity index is 1.88. The number of ether oxygens (including phenoxy) is 1. The summed E-state index contributed by atoms with van der Waals surface area (Å²) in [5, 5.41) is 3.23. The van der Waals surface area contributed by atoms with Gasteiger partial charge in [-0.3, -0.25) is 4.40 Å². The van der Waals surface area contributed by atoms with Gasteiger partial charge >= 0.3 is 0 Å². The fraction of sp³-hybridized carbons (Fsp3) is 0.571. The standard InChI is InChI=1S/C14H20N4O/c1-2-15-12-10-18-9-8-16-13(18)14(17-12)19-11-6-4-3-5-7-11/h8-11,15H,2-7H2,1H3. The van der Waals surface area contributed by atoms with Crippen LogP contribution in [0.3, 0.4) is 0 Å². The fourth-order valence-corrected chi connectivity index (χ4v) is 2.59. The number of nitrogens with zero attached hydrogens (tertiary/aromatic N) is 3. The van der Waals surface area contributed by atoms with E-state index in [0.717, 1.165) is 30.9 Å². The smallest absolute Gasteiger partial charge is 0.260 e. The summed E-state index contributed by atoms with van der Waals surface area (Å²) in [5.74, 6) is 1.48. The average molecular weight is 260 g/mol. The van der Waals surface area contributed by atoms with Gasteiger partial charge in [-0.25, -0.2) is 4.98 Å². The highest BCUT2D eigenvalue weighted by molar-refractivity contribution is 5.53. The van der Waals surface area contributed by atoms with Gasteiger partial charge in [0.1, 0.15) is 11.9 Å². The highest BCUT2D eigenvalue weighted by atomic mass is 16.5. The molecule has 3 rings (SSSR count). The number of nitrogens with one attached hydrogen (secondary N) is 1. The zero-order valence-electron chi connectivity index (χ0n) is 11.3. The zero-order valence-corrected chi connectivity index (χ0v) is 11.3. The zero-order chi connectivity index (χ0) is 13.1. The lowest BCUT2D eigenvalue weighted by Gasteiger charge is -2.22. The van der Waals surface area contributed by atoms with E-state index in [1.807, 2.05) is 16.8 Å². The van der Waals surface area contributed by atoms with Gasteiger partial charge in [-0.1, -0.05) is 6.42 Å². The second-order valence-corrected chi connectivity index (χ2v) is 5.00. The molecule has 0 atom stereocenters. The maximum absolute atomic E-state index is 6.08. The lowest BCUT2D eigenvalue weighted by Crippen LogP contribution is -2.21. The van der Waals surface area contributed by atoms with Crippen molar-refractivity contribution in [1.82, 2.24) is 14.4 Å². The van der Waals surface area contributed by atoms with Crippen molar-refractivity contribution in [3.63, 3.8) is 0 Å². The molecule has 2 heterocycles. The minimum Gasteiger partial charge on any atom is -0.472 e. The van der Waals surface area contributed by atoms with E-state index in [4.69, 9.17) is 4.74 Å². The van der Waals surface area contributed by atoms with E-state index in [0.29, 0.717) is 12.0 Å². The van der Waals surface area contributed by atoms with Crippen LogP contribution < -0.4 is 10.1 Å². The number of imidazole rings is 1. The summed E-state index contributed by atoms with van der Waals surface area (Å²) in [6.07, 6.45) is 12.0. The van der Waals surface area contributed by atoms with Gasteiger partial charge in [0.25, 0.3) is 5.88 Å². The monoisotopic (exact) mass is 260 g/mol. The molecule has 0 radical (unpaired) electrons. The molecule has 1 aliphatic rings. The molecule has 1 fully saturated rings. The molecule has 0 spiro atoms. The van der Waals surface area contributed by atoms with Crippen molar-refractivity contribution in [1.29, 1.82) is 0 Å². The Bertz CT molecular complexity index is 545. The van der Waals surface area contributed by atoms with Crippen LogP contribution in [0.15, 0.2) is 18.6 Å². The van der Waals surface area contributed by atoms with E-state index >= 15 is 0 Å². The lowest BCUT2D eigenvalue weighted by molar-refractivity contribution is 0.150. The van der Waals surface area contributed by atoms with Gasteiger partial charge in [-0.15, -0.1) is 0 Å². The molecule has 1 N–H and O–H groups in total. The van der Waals surface area contributed by atoms with Crippen LogP contribution in [0.2, 0.25) is 0 Å². The average Bonchev–Trinajstić information content (AvgIpc) is 2.89. The van der Waals surface area contributed by atoms with Crippen molar-refractivity contribution in [3.8, 4) is 5.88 Å². The maximum Gasteiger partial charge on any atom is 0.260 e. The lowest BCUT2D eigenvalue weighted by atomic mass is 9.98. The molecular weight excluding hydrogens is 240 g/mol. The van der Waals surface area contributed by atoms with E-state index < -0.39 is 0 Å². The third-order valence-electron chi connectivity index (χ3n) is 3.53. The van der Waals surface area contributed by atoms with Gasteiger partial charge in [0.2, 0.25) is 5.65 Å². The minimum atomic E-state index is 0.290. The van der Waals surface area contributed by atoms with Crippen LogP contribution >= 0.6 is 0 Å². The first-order chi connectivity index (χ1) is 9.36. The van der Waals surface area contributed by atoms with E-state index in [-0.39, 0.29) is 0 Å². The number of fused-ring (bicyclic) bond motifs is 1. The molecule has 19 heavy (non-hydrogen) atoms. The van der Waals surface area contributed by atoms with Crippen molar-refractivity contribution in [2.24, 2.45) is 0 Å². The largest absolute Gasteiger partial charge is 0.472 e. The predicted octanol–water partition coefficient (Wildman–Crippen LogP) is 2.87.